The predicted octanol–water partition coefficient (Wildman–Crippen LogP) is 4.98. The van der Waals surface area contributed by atoms with Crippen molar-refractivity contribution in [1.29, 1.82) is 0 Å². The fourth-order valence-corrected chi connectivity index (χ4v) is 4.11. The van der Waals surface area contributed by atoms with Gasteiger partial charge in [-0.3, -0.25) is 0 Å². The van der Waals surface area contributed by atoms with Crippen LogP contribution < -0.4 is 5.32 Å². The van der Waals surface area contributed by atoms with Crippen LogP contribution in [0.15, 0.2) is 6.07 Å². The molecule has 1 unspecified atom stereocenters. The van der Waals surface area contributed by atoms with Crippen LogP contribution in [0.4, 0.5) is 0 Å². The topological polar surface area (TPSA) is 12.0 Å². The first kappa shape index (κ1) is 14.1. The summed E-state index contributed by atoms with van der Waals surface area (Å²) in [6.45, 7) is 11.6. The summed E-state index contributed by atoms with van der Waals surface area (Å²) in [5.74, 6) is 0. The minimum absolute atomic E-state index is 0.501. The van der Waals surface area contributed by atoms with E-state index in [-0.39, 0.29) is 0 Å². The molecule has 0 amide bonds. The first-order chi connectivity index (χ1) is 8.37. The van der Waals surface area contributed by atoms with E-state index < -0.39 is 0 Å². The number of rotatable bonds is 3. The maximum absolute atomic E-state index is 3.83. The lowest BCUT2D eigenvalue weighted by atomic mass is 9.75. The monoisotopic (exact) mass is 265 g/mol. The van der Waals surface area contributed by atoms with Gasteiger partial charge in [0, 0.05) is 21.8 Å². The molecule has 102 valence electrons. The smallest absolute Gasteiger partial charge is 0.0305 e. The van der Waals surface area contributed by atoms with Gasteiger partial charge in [-0.15, -0.1) is 11.3 Å². The minimum Gasteiger partial charge on any atom is -0.307 e. The van der Waals surface area contributed by atoms with Crippen molar-refractivity contribution in [2.75, 3.05) is 0 Å². The lowest BCUT2D eigenvalue weighted by Crippen LogP contribution is -2.37. The third-order valence-electron chi connectivity index (χ3n) is 4.37. The number of thiophene rings is 1. The minimum atomic E-state index is 0.501. The molecule has 1 nitrogen and oxygen atoms in total. The normalized spacial score (nSPS) is 22.1. The van der Waals surface area contributed by atoms with Crippen molar-refractivity contribution in [1.82, 2.24) is 5.32 Å². The molecule has 0 aliphatic heterocycles. The Hall–Kier alpha value is -0.340. The molecular weight excluding hydrogens is 238 g/mol. The van der Waals surface area contributed by atoms with Gasteiger partial charge in [-0.05, 0) is 63.5 Å². The first-order valence-corrected chi connectivity index (χ1v) is 8.02. The van der Waals surface area contributed by atoms with E-state index in [0.29, 0.717) is 17.5 Å². The summed E-state index contributed by atoms with van der Waals surface area (Å²) in [6, 6.07) is 3.57. The molecule has 1 saturated carbocycles. The Bertz CT molecular complexity index is 395. The van der Waals surface area contributed by atoms with Crippen LogP contribution in [-0.4, -0.2) is 6.04 Å². The zero-order valence-electron chi connectivity index (χ0n) is 12.5. The first-order valence-electron chi connectivity index (χ1n) is 7.20. The molecule has 18 heavy (non-hydrogen) atoms. The molecule has 2 heteroatoms. The van der Waals surface area contributed by atoms with Gasteiger partial charge in [0.05, 0.1) is 0 Å². The second kappa shape index (κ2) is 5.34. The summed E-state index contributed by atoms with van der Waals surface area (Å²) < 4.78 is 0. The molecule has 0 spiro atoms. The molecule has 1 atom stereocenters. The Morgan fingerprint density at radius 2 is 1.89 bits per heavy atom. The average Bonchev–Trinajstić information content (AvgIpc) is 2.61. The van der Waals surface area contributed by atoms with Crippen LogP contribution in [0.5, 0.6) is 0 Å². The SMILES string of the molecule is Cc1cc(C(C)NC2CCC(C)(C)CC2)c(C)s1. The molecule has 1 aliphatic rings. The molecule has 1 N–H and O–H groups in total. The molecule has 1 fully saturated rings. The van der Waals surface area contributed by atoms with Crippen LogP contribution in [0.25, 0.3) is 0 Å². The summed E-state index contributed by atoms with van der Waals surface area (Å²) in [5, 5.41) is 3.83. The maximum Gasteiger partial charge on any atom is 0.0305 e. The molecule has 2 rings (SSSR count). The van der Waals surface area contributed by atoms with Crippen LogP contribution >= 0.6 is 11.3 Å². The van der Waals surface area contributed by atoms with Crippen LogP contribution in [0.1, 0.15) is 67.8 Å². The van der Waals surface area contributed by atoms with Gasteiger partial charge < -0.3 is 5.32 Å². The largest absolute Gasteiger partial charge is 0.307 e. The number of hydrogen-bond donors (Lipinski definition) is 1. The second-order valence-corrected chi connectivity index (χ2v) is 8.16. The van der Waals surface area contributed by atoms with Crippen LogP contribution in [0.3, 0.4) is 0 Å². The van der Waals surface area contributed by atoms with Crippen molar-refractivity contribution < 1.29 is 0 Å². The highest BCUT2D eigenvalue weighted by Gasteiger charge is 2.27. The average molecular weight is 265 g/mol. The fourth-order valence-electron chi connectivity index (χ4n) is 3.09. The molecule has 0 bridgehead atoms. The molecule has 1 heterocycles. The van der Waals surface area contributed by atoms with E-state index in [2.05, 4.69) is 46.0 Å². The fraction of sp³-hybridized carbons (Fsp3) is 0.750. The van der Waals surface area contributed by atoms with Gasteiger partial charge in [0.2, 0.25) is 0 Å². The van der Waals surface area contributed by atoms with Gasteiger partial charge in [0.25, 0.3) is 0 Å². The highest BCUT2D eigenvalue weighted by molar-refractivity contribution is 7.12. The Morgan fingerprint density at radius 3 is 2.39 bits per heavy atom. The summed E-state index contributed by atoms with van der Waals surface area (Å²) in [7, 11) is 0. The van der Waals surface area contributed by atoms with Crippen LogP contribution in [0, 0.1) is 19.3 Å². The van der Waals surface area contributed by atoms with Gasteiger partial charge in [0.1, 0.15) is 0 Å². The van der Waals surface area contributed by atoms with Gasteiger partial charge in [-0.2, -0.15) is 0 Å². The zero-order valence-corrected chi connectivity index (χ0v) is 13.3. The van der Waals surface area contributed by atoms with Gasteiger partial charge >= 0.3 is 0 Å². The summed E-state index contributed by atoms with van der Waals surface area (Å²) in [6.07, 6.45) is 5.39. The van der Waals surface area contributed by atoms with Crippen molar-refractivity contribution >= 4 is 11.3 Å². The van der Waals surface area contributed by atoms with E-state index in [1.54, 1.807) is 0 Å². The zero-order chi connectivity index (χ0) is 13.3. The maximum atomic E-state index is 3.83. The molecule has 0 aromatic carbocycles. The summed E-state index contributed by atoms with van der Waals surface area (Å²) in [4.78, 5) is 2.91. The van der Waals surface area contributed by atoms with Gasteiger partial charge in [-0.25, -0.2) is 0 Å². The highest BCUT2D eigenvalue weighted by Crippen LogP contribution is 2.36. The van der Waals surface area contributed by atoms with Crippen molar-refractivity contribution in [3.05, 3.63) is 21.4 Å². The van der Waals surface area contributed by atoms with Crippen LogP contribution in [0.2, 0.25) is 0 Å². The molecule has 1 aromatic rings. The quantitative estimate of drug-likeness (QED) is 0.812. The predicted molar refractivity (Wildman–Crippen MR) is 81.4 cm³/mol. The number of hydrogen-bond acceptors (Lipinski definition) is 2. The standard InChI is InChI=1S/C16H27NS/c1-11-10-15(13(3)18-11)12(2)17-14-6-8-16(4,5)9-7-14/h10,12,14,17H,6-9H2,1-5H3. The Balaban J connectivity index is 1.92. The molecular formula is C16H27NS. The van der Waals surface area contributed by atoms with Crippen molar-refractivity contribution in [2.24, 2.45) is 5.41 Å². The lowest BCUT2D eigenvalue weighted by molar-refractivity contribution is 0.200. The van der Waals surface area contributed by atoms with Crippen molar-refractivity contribution in [2.45, 2.75) is 72.4 Å². The highest BCUT2D eigenvalue weighted by atomic mass is 32.1. The van der Waals surface area contributed by atoms with E-state index in [4.69, 9.17) is 0 Å². The van der Waals surface area contributed by atoms with E-state index >= 15 is 0 Å². The number of nitrogens with one attached hydrogen (secondary N) is 1. The Kier molecular flexibility index (Phi) is 4.18. The van der Waals surface area contributed by atoms with E-state index in [1.807, 2.05) is 11.3 Å². The summed E-state index contributed by atoms with van der Waals surface area (Å²) >= 11 is 1.92. The third kappa shape index (κ3) is 3.36. The molecule has 1 aliphatic carbocycles. The van der Waals surface area contributed by atoms with Gasteiger partial charge in [0.15, 0.2) is 0 Å². The van der Waals surface area contributed by atoms with Gasteiger partial charge in [-0.1, -0.05) is 13.8 Å². The Morgan fingerprint density at radius 1 is 1.28 bits per heavy atom. The molecule has 0 radical (unpaired) electrons. The molecule has 1 aromatic heterocycles. The third-order valence-corrected chi connectivity index (χ3v) is 5.35. The van der Waals surface area contributed by atoms with Crippen LogP contribution in [-0.2, 0) is 0 Å². The molecule has 0 saturated heterocycles. The number of aryl methyl sites for hydroxylation is 2. The van der Waals surface area contributed by atoms with E-state index in [0.717, 1.165) is 0 Å². The Labute approximate surface area is 116 Å². The van der Waals surface area contributed by atoms with E-state index in [9.17, 15) is 0 Å². The van der Waals surface area contributed by atoms with E-state index in [1.165, 1.54) is 41.0 Å². The summed E-state index contributed by atoms with van der Waals surface area (Å²) in [5.41, 5.74) is 2.07. The van der Waals surface area contributed by atoms with Crippen molar-refractivity contribution in [3.8, 4) is 0 Å². The lowest BCUT2D eigenvalue weighted by Gasteiger charge is -2.36. The second-order valence-electron chi connectivity index (χ2n) is 6.70. The van der Waals surface area contributed by atoms with Crippen molar-refractivity contribution in [3.63, 3.8) is 0 Å².